The molecule has 0 bridgehead atoms. The molecule has 5 N–H and O–H groups in total. The molecule has 1 fully saturated rings. The third-order valence-electron chi connectivity index (χ3n) is 5.82. The topological polar surface area (TPSA) is 131 Å². The number of anilines is 1. The fourth-order valence-electron chi connectivity index (χ4n) is 4.33. The summed E-state index contributed by atoms with van der Waals surface area (Å²) in [4.78, 5) is 14.8. The second kappa shape index (κ2) is 8.34. The summed E-state index contributed by atoms with van der Waals surface area (Å²) in [6.07, 6.45) is 1.43. The van der Waals surface area contributed by atoms with E-state index in [0.717, 1.165) is 17.8 Å². The monoisotopic (exact) mass is 464 g/mol. The number of fused-ring (bicyclic) bond motifs is 2. The smallest absolute Gasteiger partial charge is 0.214 e. The second-order valence-corrected chi connectivity index (χ2v) is 7.92. The van der Waals surface area contributed by atoms with Gasteiger partial charge in [-0.1, -0.05) is 0 Å². The number of benzene rings is 2. The number of rotatable bonds is 3. The van der Waals surface area contributed by atoms with Crippen LogP contribution < -0.4 is 16.4 Å². The fraction of sp³-hybridized carbons (Fsp3) is 0.217. The quantitative estimate of drug-likeness (QED) is 0.315. The van der Waals surface area contributed by atoms with E-state index < -0.39 is 17.6 Å². The van der Waals surface area contributed by atoms with Gasteiger partial charge in [0.25, 0.3) is 0 Å². The van der Waals surface area contributed by atoms with Gasteiger partial charge in [-0.2, -0.15) is 4.99 Å². The van der Waals surface area contributed by atoms with Gasteiger partial charge in [-0.05, 0) is 37.3 Å². The maximum Gasteiger partial charge on any atom is 0.214 e. The summed E-state index contributed by atoms with van der Waals surface area (Å²) in [6.45, 7) is 4.24. The van der Waals surface area contributed by atoms with Crippen LogP contribution in [0.5, 0.6) is 0 Å². The highest BCUT2D eigenvalue weighted by Gasteiger charge is 2.22. The number of nitrogens with one attached hydrogen (secondary N) is 1. The predicted octanol–water partition coefficient (Wildman–Crippen LogP) is 2.60. The number of aromatic nitrogens is 3. The van der Waals surface area contributed by atoms with Crippen LogP contribution in [0.2, 0.25) is 0 Å². The summed E-state index contributed by atoms with van der Waals surface area (Å²) in [6, 6.07) is 7.53. The first kappa shape index (κ1) is 21.7. The molecule has 5 rings (SSSR count). The van der Waals surface area contributed by atoms with Crippen molar-refractivity contribution in [3.05, 3.63) is 59.6 Å². The van der Waals surface area contributed by atoms with E-state index in [1.54, 1.807) is 17.6 Å². The lowest BCUT2D eigenvalue weighted by atomic mass is 10.1. The molecule has 9 nitrogen and oxygen atoms in total. The van der Waals surface area contributed by atoms with Gasteiger partial charge in [-0.15, -0.1) is 0 Å². The van der Waals surface area contributed by atoms with Gasteiger partial charge in [-0.25, -0.2) is 13.8 Å². The third-order valence-corrected chi connectivity index (χ3v) is 5.82. The molecule has 1 saturated heterocycles. The lowest BCUT2D eigenvalue weighted by molar-refractivity contribution is 0.122. The van der Waals surface area contributed by atoms with Crippen molar-refractivity contribution < 1.29 is 13.5 Å². The summed E-state index contributed by atoms with van der Waals surface area (Å²) >= 11 is 0. The molecule has 11 heteroatoms. The highest BCUT2D eigenvalue weighted by Crippen LogP contribution is 2.33. The molecule has 174 valence electrons. The first-order chi connectivity index (χ1) is 16.3. The molecule has 0 spiro atoms. The van der Waals surface area contributed by atoms with E-state index in [2.05, 4.69) is 19.9 Å². The number of imidazole rings is 1. The Hall–Kier alpha value is -4.12. The highest BCUT2D eigenvalue weighted by molar-refractivity contribution is 6.12. The van der Waals surface area contributed by atoms with Gasteiger partial charge in [0.1, 0.15) is 34.3 Å². The SMILES string of the molecule is Cc1nc2c(/C(N)=N/C(=N)N)cc(N3CCOCC3)cc2n1-c1ccnc2c(F)ccc(F)c12. The Labute approximate surface area is 193 Å². The zero-order chi connectivity index (χ0) is 24.0. The largest absolute Gasteiger partial charge is 0.383 e. The molecule has 0 amide bonds. The van der Waals surface area contributed by atoms with E-state index in [-0.39, 0.29) is 16.7 Å². The average molecular weight is 464 g/mol. The van der Waals surface area contributed by atoms with Gasteiger partial charge in [0, 0.05) is 30.5 Å². The van der Waals surface area contributed by atoms with Gasteiger partial charge in [-0.3, -0.25) is 15.0 Å². The number of ether oxygens (including phenoxy) is 1. The van der Waals surface area contributed by atoms with Crippen LogP contribution in [0, 0.1) is 24.0 Å². The molecule has 3 heterocycles. The van der Waals surface area contributed by atoms with Gasteiger partial charge in [0.05, 0.1) is 29.8 Å². The summed E-state index contributed by atoms with van der Waals surface area (Å²) in [5.74, 6) is -1.08. The van der Waals surface area contributed by atoms with Crippen LogP contribution in [0.1, 0.15) is 11.4 Å². The zero-order valence-corrected chi connectivity index (χ0v) is 18.3. The average Bonchev–Trinajstić information content (AvgIpc) is 3.16. The Kier molecular flexibility index (Phi) is 5.33. The Balaban J connectivity index is 1.84. The van der Waals surface area contributed by atoms with Crippen LogP contribution in [0.3, 0.4) is 0 Å². The summed E-state index contributed by atoms with van der Waals surface area (Å²) in [7, 11) is 0. The lowest BCUT2D eigenvalue weighted by Gasteiger charge is -2.29. The van der Waals surface area contributed by atoms with Gasteiger partial charge < -0.3 is 21.1 Å². The molecular formula is C23H22F2N8O. The maximum atomic E-state index is 14.9. The number of nitrogens with zero attached hydrogens (tertiary/aromatic N) is 5. The van der Waals surface area contributed by atoms with Gasteiger partial charge in [0.15, 0.2) is 0 Å². The number of nitrogens with two attached hydrogens (primary N) is 2. The standard InChI is InChI=1S/C23H22F2N8O/c1-12-30-20-14(22(26)31-23(27)28)10-13(32-6-8-34-9-7-32)11-18(20)33(12)17-4-5-29-21-16(25)3-2-15(24)19(17)21/h2-5,10-11H,6-9H2,1H3,(H5,26,27,28,31). The predicted molar refractivity (Wildman–Crippen MR) is 127 cm³/mol. The number of hydrogen-bond acceptors (Lipinski definition) is 5. The van der Waals surface area contributed by atoms with E-state index in [9.17, 15) is 8.78 Å². The van der Waals surface area contributed by atoms with E-state index in [1.165, 1.54) is 6.20 Å². The van der Waals surface area contributed by atoms with Crippen molar-refractivity contribution in [3.8, 4) is 5.69 Å². The number of aryl methyl sites for hydroxylation is 1. The van der Waals surface area contributed by atoms with Crippen molar-refractivity contribution in [2.75, 3.05) is 31.2 Å². The van der Waals surface area contributed by atoms with Gasteiger partial charge in [0.2, 0.25) is 5.96 Å². The Morgan fingerprint density at radius 1 is 1.09 bits per heavy atom. The minimum absolute atomic E-state index is 0.0362. The number of halogens is 2. The molecule has 0 radical (unpaired) electrons. The van der Waals surface area contributed by atoms with Crippen molar-refractivity contribution in [2.45, 2.75) is 6.92 Å². The van der Waals surface area contributed by atoms with E-state index >= 15 is 0 Å². The molecule has 1 aliphatic rings. The van der Waals surface area contributed by atoms with Crippen LogP contribution in [-0.2, 0) is 4.74 Å². The van der Waals surface area contributed by atoms with E-state index in [0.29, 0.717) is 54.4 Å². The Morgan fingerprint density at radius 3 is 2.56 bits per heavy atom. The van der Waals surface area contributed by atoms with Crippen molar-refractivity contribution in [2.24, 2.45) is 16.5 Å². The maximum absolute atomic E-state index is 14.9. The molecule has 0 atom stereocenters. The van der Waals surface area contributed by atoms with Crippen molar-refractivity contribution >= 4 is 39.4 Å². The number of hydrogen-bond donors (Lipinski definition) is 3. The molecule has 0 aliphatic carbocycles. The van der Waals surface area contributed by atoms with Crippen LogP contribution >= 0.6 is 0 Å². The summed E-state index contributed by atoms with van der Waals surface area (Å²) in [5, 5.41) is 7.57. The Morgan fingerprint density at radius 2 is 1.82 bits per heavy atom. The fourth-order valence-corrected chi connectivity index (χ4v) is 4.33. The second-order valence-electron chi connectivity index (χ2n) is 7.92. The van der Waals surface area contributed by atoms with Crippen molar-refractivity contribution in [3.63, 3.8) is 0 Å². The highest BCUT2D eigenvalue weighted by atomic mass is 19.1. The number of morpholine rings is 1. The summed E-state index contributed by atoms with van der Waals surface area (Å²) in [5.41, 5.74) is 14.4. The number of aliphatic imine (C=N–C) groups is 1. The van der Waals surface area contributed by atoms with Gasteiger partial charge >= 0.3 is 0 Å². The normalized spacial score (nSPS) is 14.8. The number of amidine groups is 1. The van der Waals surface area contributed by atoms with Crippen LogP contribution in [0.4, 0.5) is 14.5 Å². The molecule has 2 aromatic carbocycles. The zero-order valence-electron chi connectivity index (χ0n) is 18.3. The first-order valence-electron chi connectivity index (χ1n) is 10.6. The summed E-state index contributed by atoms with van der Waals surface area (Å²) < 4.78 is 36.6. The van der Waals surface area contributed by atoms with Crippen LogP contribution in [0.25, 0.3) is 27.6 Å². The Bertz CT molecular complexity index is 1470. The number of guanidine groups is 1. The molecule has 0 saturated carbocycles. The van der Waals surface area contributed by atoms with Crippen molar-refractivity contribution in [1.29, 1.82) is 5.41 Å². The molecule has 1 aliphatic heterocycles. The molecule has 4 aromatic rings. The molecule has 34 heavy (non-hydrogen) atoms. The molecule has 0 unspecified atom stereocenters. The first-order valence-corrected chi connectivity index (χ1v) is 10.6. The van der Waals surface area contributed by atoms with Crippen molar-refractivity contribution in [1.82, 2.24) is 14.5 Å². The van der Waals surface area contributed by atoms with Crippen LogP contribution in [-0.4, -0.2) is 52.6 Å². The number of pyridine rings is 1. The lowest BCUT2D eigenvalue weighted by Crippen LogP contribution is -2.36. The van der Waals surface area contributed by atoms with Crippen LogP contribution in [0.15, 0.2) is 41.5 Å². The van der Waals surface area contributed by atoms with E-state index in [4.69, 9.17) is 21.6 Å². The third kappa shape index (κ3) is 3.59. The molecule has 2 aromatic heterocycles. The molecular weight excluding hydrogens is 442 g/mol. The minimum atomic E-state index is -0.618. The van der Waals surface area contributed by atoms with E-state index in [1.807, 2.05) is 12.1 Å². The minimum Gasteiger partial charge on any atom is -0.383 e.